The Morgan fingerprint density at radius 3 is 1.77 bits per heavy atom. The van der Waals surface area contributed by atoms with E-state index in [1.165, 1.54) is 6.33 Å². The maximum absolute atomic E-state index is 13.2. The molecule has 21 heteroatoms. The van der Waals surface area contributed by atoms with E-state index < -0.39 is 92.8 Å². The van der Waals surface area contributed by atoms with Crippen LogP contribution in [0.25, 0.3) is 11.2 Å². The first-order valence-electron chi connectivity index (χ1n) is 14.0. The minimum absolute atomic E-state index is 0.253. The molecule has 2 rings (SSSR count). The molecule has 0 aromatic carbocycles. The molecule has 270 valence electrons. The van der Waals surface area contributed by atoms with Crippen molar-refractivity contribution in [2.75, 3.05) is 25.7 Å². The first-order valence-corrected chi connectivity index (χ1v) is 15.8. The number of ether oxygens (including phenoxy) is 3. The summed E-state index contributed by atoms with van der Waals surface area (Å²) in [4.78, 5) is 66.7. The van der Waals surface area contributed by atoms with Gasteiger partial charge in [-0.3, -0.25) is 32.8 Å². The molecule has 0 saturated carbocycles. The van der Waals surface area contributed by atoms with Gasteiger partial charge in [-0.15, -0.1) is 0 Å². The van der Waals surface area contributed by atoms with Crippen molar-refractivity contribution >= 4 is 54.4 Å². The number of carboxylic acid groups (broad SMARTS) is 3. The summed E-state index contributed by atoms with van der Waals surface area (Å²) in [5.74, 6) is -5.87. The molecular weight excluding hydrogens is 665 g/mol. The number of aromatic nitrogens is 4. The van der Waals surface area contributed by atoms with Gasteiger partial charge in [0, 0.05) is 0 Å². The Labute approximate surface area is 275 Å². The second kappa shape index (κ2) is 17.3. The molecule has 2 heterocycles. The fourth-order valence-corrected chi connectivity index (χ4v) is 4.25. The molecule has 0 aliphatic rings. The second-order valence-corrected chi connectivity index (χ2v) is 14.4. The molecule has 2 aromatic heterocycles. The summed E-state index contributed by atoms with van der Waals surface area (Å²) in [5, 5.41) is 33.8. The molecule has 0 unspecified atom stereocenters. The van der Waals surface area contributed by atoms with E-state index in [0.717, 1.165) is 0 Å². The SMILES string of the molecule is C[C@H](Cn1cnc2c(N)ncnc21)OCP(=O)(OCOC(=O)C(C)(C)C)OCOC(=O)C(C)(C)C.O=C(O)CC(O)(CC(=O)O)C(=O)O. The number of fused-ring (bicyclic) bond motifs is 1. The van der Waals surface area contributed by atoms with Crippen molar-refractivity contribution in [3.63, 3.8) is 0 Å². The van der Waals surface area contributed by atoms with Crippen LogP contribution in [-0.4, -0.2) is 101 Å². The van der Waals surface area contributed by atoms with Crippen LogP contribution in [0.3, 0.4) is 0 Å². The number of carbonyl (C=O) groups is 5. The average molecular weight is 708 g/mol. The van der Waals surface area contributed by atoms with Crippen LogP contribution in [0.15, 0.2) is 12.7 Å². The van der Waals surface area contributed by atoms with E-state index in [9.17, 15) is 28.5 Å². The Bertz CT molecular complexity index is 1450. The quantitative estimate of drug-likeness (QED) is 0.0944. The van der Waals surface area contributed by atoms with Gasteiger partial charge < -0.3 is 44.9 Å². The minimum Gasteiger partial charge on any atom is -0.481 e. The zero-order valence-corrected chi connectivity index (χ0v) is 28.5. The van der Waals surface area contributed by atoms with Crippen molar-refractivity contribution in [1.29, 1.82) is 0 Å². The summed E-state index contributed by atoms with van der Waals surface area (Å²) in [6.07, 6.45) is -0.394. The Morgan fingerprint density at radius 1 is 0.875 bits per heavy atom. The van der Waals surface area contributed by atoms with Crippen molar-refractivity contribution in [1.82, 2.24) is 19.5 Å². The molecule has 1 atom stereocenters. The van der Waals surface area contributed by atoms with Crippen LogP contribution < -0.4 is 5.73 Å². The predicted octanol–water partition coefficient (Wildman–Crippen LogP) is 1.84. The molecular formula is C27H42N5O15P. The number of esters is 2. The van der Waals surface area contributed by atoms with E-state index in [1.807, 2.05) is 0 Å². The number of carbonyl (C=O) groups excluding carboxylic acids is 2. The van der Waals surface area contributed by atoms with Crippen molar-refractivity contribution in [2.24, 2.45) is 10.8 Å². The molecule has 0 aliphatic heterocycles. The fraction of sp³-hybridized carbons (Fsp3) is 0.630. The van der Waals surface area contributed by atoms with E-state index in [1.54, 1.807) is 59.4 Å². The van der Waals surface area contributed by atoms with Crippen LogP contribution in [-0.2, 0) is 58.3 Å². The summed E-state index contributed by atoms with van der Waals surface area (Å²) in [7, 11) is -3.98. The molecule has 0 spiro atoms. The Kier molecular flexibility index (Phi) is 15.0. The van der Waals surface area contributed by atoms with E-state index in [2.05, 4.69) is 15.0 Å². The number of nitrogen functional groups attached to an aromatic ring is 1. The maximum atomic E-state index is 13.2. The van der Waals surface area contributed by atoms with Gasteiger partial charge in [-0.05, 0) is 48.5 Å². The van der Waals surface area contributed by atoms with Gasteiger partial charge in [-0.1, -0.05) is 0 Å². The molecule has 0 radical (unpaired) electrons. The normalized spacial score (nSPS) is 12.8. The van der Waals surface area contributed by atoms with Gasteiger partial charge in [0.2, 0.25) is 13.6 Å². The van der Waals surface area contributed by atoms with Gasteiger partial charge in [-0.25, -0.2) is 19.7 Å². The molecule has 0 saturated heterocycles. The number of nitrogens with zero attached hydrogens (tertiary/aromatic N) is 4. The predicted molar refractivity (Wildman–Crippen MR) is 163 cm³/mol. The van der Waals surface area contributed by atoms with Gasteiger partial charge in [0.15, 0.2) is 17.1 Å². The summed E-state index contributed by atoms with van der Waals surface area (Å²) < 4.78 is 41.2. The largest absolute Gasteiger partial charge is 0.481 e. The smallest absolute Gasteiger partial charge is 0.361 e. The molecule has 0 amide bonds. The molecule has 6 N–H and O–H groups in total. The number of aliphatic hydroxyl groups is 1. The topological polar surface area (TPSA) is 299 Å². The van der Waals surface area contributed by atoms with E-state index >= 15 is 0 Å². The highest BCUT2D eigenvalue weighted by molar-refractivity contribution is 7.53. The number of anilines is 1. The van der Waals surface area contributed by atoms with Gasteiger partial charge >= 0.3 is 37.4 Å². The molecule has 0 bridgehead atoms. The van der Waals surface area contributed by atoms with Crippen LogP contribution in [0, 0.1) is 10.8 Å². The number of hydrogen-bond acceptors (Lipinski definition) is 16. The third-order valence-electron chi connectivity index (χ3n) is 5.79. The van der Waals surface area contributed by atoms with Crippen LogP contribution >= 0.6 is 7.60 Å². The van der Waals surface area contributed by atoms with Crippen LogP contribution in [0.5, 0.6) is 0 Å². The third-order valence-corrected chi connectivity index (χ3v) is 7.25. The maximum Gasteiger partial charge on any atom is 0.361 e. The fourth-order valence-electron chi connectivity index (χ4n) is 3.16. The number of aliphatic carboxylic acids is 3. The molecule has 20 nitrogen and oxygen atoms in total. The Balaban J connectivity index is 0.000000747. The monoisotopic (exact) mass is 707 g/mol. The Hall–Kier alpha value is -4.23. The van der Waals surface area contributed by atoms with Gasteiger partial charge in [0.05, 0.1) is 42.6 Å². The lowest BCUT2D eigenvalue weighted by Gasteiger charge is -2.23. The van der Waals surface area contributed by atoms with E-state index in [0.29, 0.717) is 17.7 Å². The lowest BCUT2D eigenvalue weighted by Crippen LogP contribution is -2.42. The van der Waals surface area contributed by atoms with Crippen molar-refractivity contribution in [3.8, 4) is 0 Å². The molecule has 0 aliphatic carbocycles. The summed E-state index contributed by atoms with van der Waals surface area (Å²) in [6, 6.07) is 0. The Morgan fingerprint density at radius 2 is 1.35 bits per heavy atom. The number of imidazole rings is 1. The van der Waals surface area contributed by atoms with E-state index in [-0.39, 0.29) is 5.82 Å². The zero-order valence-electron chi connectivity index (χ0n) is 27.6. The van der Waals surface area contributed by atoms with Crippen molar-refractivity contribution in [3.05, 3.63) is 12.7 Å². The summed E-state index contributed by atoms with van der Waals surface area (Å²) in [6.45, 7) is 10.8. The molecule has 2 aromatic rings. The van der Waals surface area contributed by atoms with Crippen molar-refractivity contribution in [2.45, 2.75) is 79.6 Å². The lowest BCUT2D eigenvalue weighted by molar-refractivity contribution is -0.170. The highest BCUT2D eigenvalue weighted by Gasteiger charge is 2.41. The van der Waals surface area contributed by atoms with Gasteiger partial charge in [0.1, 0.15) is 18.2 Å². The number of rotatable bonds is 16. The number of hydrogen-bond donors (Lipinski definition) is 5. The minimum atomic E-state index is -3.98. The van der Waals surface area contributed by atoms with Crippen LogP contribution in [0.4, 0.5) is 5.82 Å². The first kappa shape index (κ1) is 41.8. The third kappa shape index (κ3) is 13.9. The lowest BCUT2D eigenvalue weighted by atomic mass is 9.96. The van der Waals surface area contributed by atoms with Crippen molar-refractivity contribution < 1.29 is 72.2 Å². The highest BCUT2D eigenvalue weighted by Crippen LogP contribution is 2.48. The first-order chi connectivity index (χ1) is 21.9. The van der Waals surface area contributed by atoms with Crippen LogP contribution in [0.1, 0.15) is 61.3 Å². The standard InChI is InChI=1S/C21H34N5O8P.C6H8O7/c1-14(8-26-10-25-15-16(22)23-9-24-17(15)26)32-13-35(29,33-11-30-18(27)20(2,3)4)34-12-31-19(28)21(5,6)7;7-3(8)1-6(13,5(11)12)2-4(9)10/h9-10,14H,8,11-13H2,1-7H3,(H2,22,23,24);13H,1-2H2,(H,7,8)(H,9,10)(H,11,12)/t14-;/m1./s1. The van der Waals surface area contributed by atoms with E-state index in [4.69, 9.17) is 49.4 Å². The summed E-state index contributed by atoms with van der Waals surface area (Å²) in [5.41, 5.74) is 2.49. The zero-order chi connectivity index (χ0) is 37.1. The van der Waals surface area contributed by atoms with Crippen LogP contribution in [0.2, 0.25) is 0 Å². The average Bonchev–Trinajstić information content (AvgIpc) is 3.34. The number of carboxylic acids is 3. The number of nitrogens with two attached hydrogens (primary N) is 1. The highest BCUT2D eigenvalue weighted by atomic mass is 31.2. The molecule has 0 fully saturated rings. The van der Waals surface area contributed by atoms with Gasteiger partial charge in [0.25, 0.3) is 0 Å². The summed E-state index contributed by atoms with van der Waals surface area (Å²) >= 11 is 0. The van der Waals surface area contributed by atoms with Gasteiger partial charge in [-0.2, -0.15) is 0 Å². The second-order valence-electron chi connectivity index (χ2n) is 12.4. The molecule has 48 heavy (non-hydrogen) atoms.